The summed E-state index contributed by atoms with van der Waals surface area (Å²) in [5.41, 5.74) is 2.14. The maximum atomic E-state index is 12.3. The third-order valence-electron chi connectivity index (χ3n) is 4.22. The van der Waals surface area contributed by atoms with Gasteiger partial charge >= 0.3 is 6.09 Å². The molecule has 6 nitrogen and oxygen atoms in total. The highest BCUT2D eigenvalue weighted by Gasteiger charge is 2.29. The fourth-order valence-electron chi connectivity index (χ4n) is 3.08. The van der Waals surface area contributed by atoms with Gasteiger partial charge in [-0.25, -0.2) is 14.8 Å². The van der Waals surface area contributed by atoms with Gasteiger partial charge in [-0.05, 0) is 45.3 Å². The van der Waals surface area contributed by atoms with Gasteiger partial charge in [0.05, 0.1) is 5.69 Å². The van der Waals surface area contributed by atoms with Crippen LogP contribution in [-0.4, -0.2) is 44.6 Å². The second-order valence-corrected chi connectivity index (χ2v) is 7.25. The zero-order valence-electron chi connectivity index (χ0n) is 14.5. The smallest absolute Gasteiger partial charge is 0.410 e. The van der Waals surface area contributed by atoms with Crippen LogP contribution < -0.4 is 0 Å². The van der Waals surface area contributed by atoms with Gasteiger partial charge in [0.25, 0.3) is 0 Å². The standard InChI is InChI=1S/C18H24N4O2/c1-12(15-14-7-8-19-16(14)21-11-20-15)13-6-5-9-22(10-13)17(23)24-18(2,3)4/h7-8,11,13H,1,5-6,9-10H2,2-4H3,(H,19,20,21). The molecule has 0 bridgehead atoms. The van der Waals surface area contributed by atoms with E-state index in [1.807, 2.05) is 33.0 Å². The van der Waals surface area contributed by atoms with Crippen molar-refractivity contribution in [2.45, 2.75) is 39.2 Å². The van der Waals surface area contributed by atoms with Crippen LogP contribution in [0, 0.1) is 5.92 Å². The lowest BCUT2D eigenvalue weighted by Gasteiger charge is -2.34. The number of piperidine rings is 1. The molecule has 2 aromatic rings. The number of aromatic amines is 1. The highest BCUT2D eigenvalue weighted by atomic mass is 16.6. The van der Waals surface area contributed by atoms with Gasteiger partial charge in [-0.1, -0.05) is 6.58 Å². The zero-order valence-corrected chi connectivity index (χ0v) is 14.5. The van der Waals surface area contributed by atoms with E-state index in [-0.39, 0.29) is 12.0 Å². The first-order valence-electron chi connectivity index (χ1n) is 8.30. The van der Waals surface area contributed by atoms with Crippen molar-refractivity contribution in [2.75, 3.05) is 13.1 Å². The summed E-state index contributed by atoms with van der Waals surface area (Å²) in [5.74, 6) is 0.180. The molecule has 0 spiro atoms. The average molecular weight is 328 g/mol. The van der Waals surface area contributed by atoms with Crippen molar-refractivity contribution in [1.29, 1.82) is 0 Å². The Hall–Kier alpha value is -2.37. The maximum absolute atomic E-state index is 12.3. The molecular weight excluding hydrogens is 304 g/mol. The Bertz CT molecular complexity index is 760. The number of nitrogens with one attached hydrogen (secondary N) is 1. The SMILES string of the molecule is C=C(c1ncnc2[nH]ccc12)C1CCCN(C(=O)OC(C)(C)C)C1. The molecule has 24 heavy (non-hydrogen) atoms. The number of carbonyl (C=O) groups excluding carboxylic acids is 1. The molecule has 1 aliphatic heterocycles. The maximum Gasteiger partial charge on any atom is 0.410 e. The van der Waals surface area contributed by atoms with Gasteiger partial charge < -0.3 is 14.6 Å². The Morgan fingerprint density at radius 1 is 1.42 bits per heavy atom. The zero-order chi connectivity index (χ0) is 17.3. The number of likely N-dealkylation sites (tertiary alicyclic amines) is 1. The average Bonchev–Trinajstić information content (AvgIpc) is 3.01. The molecule has 0 radical (unpaired) electrons. The number of hydrogen-bond acceptors (Lipinski definition) is 4. The van der Waals surface area contributed by atoms with Crippen molar-refractivity contribution in [3.05, 3.63) is 30.9 Å². The van der Waals surface area contributed by atoms with Crippen LogP contribution in [0.1, 0.15) is 39.3 Å². The Morgan fingerprint density at radius 3 is 2.96 bits per heavy atom. The quantitative estimate of drug-likeness (QED) is 0.914. The topological polar surface area (TPSA) is 71.1 Å². The molecule has 1 saturated heterocycles. The summed E-state index contributed by atoms with van der Waals surface area (Å²) >= 11 is 0. The van der Waals surface area contributed by atoms with Crippen LogP contribution in [0.3, 0.4) is 0 Å². The van der Waals surface area contributed by atoms with E-state index in [0.717, 1.165) is 41.7 Å². The molecule has 128 valence electrons. The van der Waals surface area contributed by atoms with Gasteiger partial charge in [0.15, 0.2) is 0 Å². The van der Waals surface area contributed by atoms with Crippen LogP contribution in [0.25, 0.3) is 16.6 Å². The Morgan fingerprint density at radius 2 is 2.21 bits per heavy atom. The summed E-state index contributed by atoms with van der Waals surface area (Å²) in [7, 11) is 0. The van der Waals surface area contributed by atoms with Gasteiger partial charge in [-0.3, -0.25) is 0 Å². The molecule has 1 unspecified atom stereocenters. The van der Waals surface area contributed by atoms with Gasteiger partial charge in [0, 0.05) is 30.6 Å². The lowest BCUT2D eigenvalue weighted by Crippen LogP contribution is -2.43. The summed E-state index contributed by atoms with van der Waals surface area (Å²) < 4.78 is 5.50. The van der Waals surface area contributed by atoms with Gasteiger partial charge in [0.2, 0.25) is 0 Å². The summed E-state index contributed by atoms with van der Waals surface area (Å²) in [5, 5.41) is 0.969. The minimum atomic E-state index is -0.481. The van der Waals surface area contributed by atoms with Crippen molar-refractivity contribution < 1.29 is 9.53 Å². The lowest BCUT2D eigenvalue weighted by molar-refractivity contribution is 0.0190. The van der Waals surface area contributed by atoms with Gasteiger partial charge in [-0.2, -0.15) is 0 Å². The molecule has 0 aromatic carbocycles. The van der Waals surface area contributed by atoms with Crippen molar-refractivity contribution >= 4 is 22.7 Å². The summed E-state index contributed by atoms with van der Waals surface area (Å²) in [6.07, 6.45) is 5.07. The van der Waals surface area contributed by atoms with Crippen LogP contribution in [0.4, 0.5) is 4.79 Å². The van der Waals surface area contributed by atoms with Gasteiger partial charge in [0.1, 0.15) is 17.6 Å². The first-order chi connectivity index (χ1) is 11.3. The number of hydrogen-bond donors (Lipinski definition) is 1. The molecule has 6 heteroatoms. The molecule has 0 saturated carbocycles. The second kappa shape index (κ2) is 6.26. The van der Waals surface area contributed by atoms with Crippen LogP contribution in [-0.2, 0) is 4.74 Å². The highest BCUT2D eigenvalue weighted by molar-refractivity contribution is 5.88. The van der Waals surface area contributed by atoms with E-state index >= 15 is 0 Å². The monoisotopic (exact) mass is 328 g/mol. The highest BCUT2D eigenvalue weighted by Crippen LogP contribution is 2.32. The van der Waals surface area contributed by atoms with Crippen molar-refractivity contribution in [3.63, 3.8) is 0 Å². The minimum absolute atomic E-state index is 0.180. The Balaban J connectivity index is 1.76. The molecule has 3 heterocycles. The molecule has 1 aliphatic rings. The molecular formula is C18H24N4O2. The van der Waals surface area contributed by atoms with Crippen LogP contribution in [0.15, 0.2) is 25.2 Å². The molecule has 0 aliphatic carbocycles. The van der Waals surface area contributed by atoms with E-state index in [4.69, 9.17) is 4.74 Å². The fraction of sp³-hybridized carbons (Fsp3) is 0.500. The Labute approximate surface area is 141 Å². The molecule has 1 atom stereocenters. The number of carbonyl (C=O) groups is 1. The number of ether oxygens (including phenoxy) is 1. The van der Waals surface area contributed by atoms with Crippen molar-refractivity contribution in [1.82, 2.24) is 19.9 Å². The third-order valence-corrected chi connectivity index (χ3v) is 4.22. The molecule has 1 amide bonds. The summed E-state index contributed by atoms with van der Waals surface area (Å²) in [6.45, 7) is 11.3. The van der Waals surface area contributed by atoms with E-state index < -0.39 is 5.60 Å². The molecule has 2 aromatic heterocycles. The van der Waals surface area contributed by atoms with Crippen molar-refractivity contribution in [2.24, 2.45) is 5.92 Å². The number of amides is 1. The van der Waals surface area contributed by atoms with Crippen LogP contribution in [0.2, 0.25) is 0 Å². The number of aromatic nitrogens is 3. The molecule has 1 fully saturated rings. The Kier molecular flexibility index (Phi) is 4.30. The van der Waals surface area contributed by atoms with Crippen LogP contribution in [0.5, 0.6) is 0 Å². The van der Waals surface area contributed by atoms with E-state index in [0.29, 0.717) is 6.54 Å². The number of nitrogens with zero attached hydrogens (tertiary/aromatic N) is 3. The number of H-pyrrole nitrogens is 1. The largest absolute Gasteiger partial charge is 0.444 e. The predicted molar refractivity (Wildman–Crippen MR) is 93.5 cm³/mol. The third kappa shape index (κ3) is 3.42. The van der Waals surface area contributed by atoms with Crippen LogP contribution >= 0.6 is 0 Å². The summed E-state index contributed by atoms with van der Waals surface area (Å²) in [4.78, 5) is 25.8. The number of rotatable bonds is 2. The van der Waals surface area contributed by atoms with Gasteiger partial charge in [-0.15, -0.1) is 0 Å². The van der Waals surface area contributed by atoms with E-state index in [2.05, 4.69) is 21.5 Å². The summed E-state index contributed by atoms with van der Waals surface area (Å²) in [6, 6.07) is 1.96. The second-order valence-electron chi connectivity index (χ2n) is 7.25. The first kappa shape index (κ1) is 16.5. The number of fused-ring (bicyclic) bond motifs is 1. The normalized spacial score (nSPS) is 18.6. The molecule has 3 rings (SSSR count). The van der Waals surface area contributed by atoms with E-state index in [1.54, 1.807) is 11.2 Å². The van der Waals surface area contributed by atoms with Crippen molar-refractivity contribution in [3.8, 4) is 0 Å². The fourth-order valence-corrected chi connectivity index (χ4v) is 3.08. The van der Waals surface area contributed by atoms with E-state index in [9.17, 15) is 4.79 Å². The molecule has 1 N–H and O–H groups in total. The first-order valence-corrected chi connectivity index (χ1v) is 8.30. The van der Waals surface area contributed by atoms with E-state index in [1.165, 1.54) is 0 Å². The minimum Gasteiger partial charge on any atom is -0.444 e. The lowest BCUT2D eigenvalue weighted by atomic mass is 9.88. The predicted octanol–water partition coefficient (Wildman–Crippen LogP) is 3.62.